The monoisotopic (exact) mass is 947 g/mol. The van der Waals surface area contributed by atoms with Gasteiger partial charge in [-0.15, -0.1) is 0 Å². The number of aliphatic hydroxyl groups is 2. The van der Waals surface area contributed by atoms with Crippen LogP contribution in [-0.2, 0) is 66.4 Å². The fourth-order valence-electron chi connectivity index (χ4n) is 11.6. The molecule has 5 saturated heterocycles. The number of carbonyl (C=O) groups is 2. The largest absolute Gasteiger partial charge is 0.462 e. The van der Waals surface area contributed by atoms with Crippen LogP contribution in [0.4, 0.5) is 0 Å². The second kappa shape index (κ2) is 21.8. The maximum absolute atomic E-state index is 14.5. The molecule has 6 heterocycles. The van der Waals surface area contributed by atoms with Gasteiger partial charge in [0.05, 0.1) is 49.3 Å². The number of carbonyl (C=O) groups excluding carboxylic acids is 2. The van der Waals surface area contributed by atoms with Gasteiger partial charge in [0.2, 0.25) is 0 Å². The van der Waals surface area contributed by atoms with Gasteiger partial charge in [0.15, 0.2) is 24.5 Å². The van der Waals surface area contributed by atoms with Crippen molar-refractivity contribution in [3.8, 4) is 0 Å². The standard InChI is InChI=1S/C51H78O16/c1-13-26(2)44-30(6)38(53)24-50(67-44)23-36-20-35(66-50)18-17-28(4)43(27(3)15-14-16-34-25-59-48-45(58-12)29(5)19-37(49(54)63-36)51(34,48)55)64-41-22-40(57-11)47(32(8)61-41)65-42-21-39(56-10)46(31(7)60-42)62-33(9)52/h14-17,19,26-27,30-32,35-48,53,55H,13,18,20-25H2,1-12H3/b15-14+,28-17+,34-16+/t26-,27-,30-,31?,32?,35+,36-,37-,38?,39?,40?,41?,42?,43-,44+,45+,46?,47?,48+,50-,51+/m0/s1. The summed E-state index contributed by atoms with van der Waals surface area (Å²) in [4.78, 5) is 26.3. The minimum absolute atomic E-state index is 0.0893. The summed E-state index contributed by atoms with van der Waals surface area (Å²) in [5.74, 6) is -3.44. The van der Waals surface area contributed by atoms with Crippen molar-refractivity contribution in [1.29, 1.82) is 0 Å². The molecule has 6 aliphatic heterocycles. The smallest absolute Gasteiger partial charge is 0.316 e. The van der Waals surface area contributed by atoms with Crippen LogP contribution in [0.5, 0.6) is 0 Å². The maximum atomic E-state index is 14.5. The van der Waals surface area contributed by atoms with E-state index in [2.05, 4.69) is 26.8 Å². The van der Waals surface area contributed by atoms with E-state index in [0.717, 1.165) is 17.6 Å². The third-order valence-corrected chi connectivity index (χ3v) is 15.5. The van der Waals surface area contributed by atoms with Crippen LogP contribution in [0.15, 0.2) is 47.1 Å². The molecule has 2 bridgehead atoms. The summed E-state index contributed by atoms with van der Waals surface area (Å²) in [6.45, 7) is 17.4. The predicted octanol–water partition coefficient (Wildman–Crippen LogP) is 5.80. The fraction of sp³-hybridized carbons (Fsp3) is 0.804. The number of rotatable bonds is 10. The van der Waals surface area contributed by atoms with Crippen LogP contribution in [0.25, 0.3) is 0 Å². The molecule has 9 unspecified atom stereocenters. The molecule has 16 nitrogen and oxygen atoms in total. The molecule has 1 aliphatic carbocycles. The van der Waals surface area contributed by atoms with Crippen molar-refractivity contribution in [2.75, 3.05) is 27.9 Å². The molecule has 5 fully saturated rings. The average molecular weight is 947 g/mol. The number of methoxy groups -OCH3 is 3. The van der Waals surface area contributed by atoms with Crippen molar-refractivity contribution in [3.05, 3.63) is 47.1 Å². The molecule has 0 aromatic heterocycles. The first-order valence-corrected chi connectivity index (χ1v) is 24.5. The highest BCUT2D eigenvalue weighted by Crippen LogP contribution is 2.49. The molecular formula is C51H78O16. The second-order valence-corrected chi connectivity index (χ2v) is 20.3. The molecular weight excluding hydrogens is 869 g/mol. The zero-order valence-electron chi connectivity index (χ0n) is 41.6. The Labute approximate surface area is 396 Å². The van der Waals surface area contributed by atoms with E-state index in [1.165, 1.54) is 6.92 Å². The lowest BCUT2D eigenvalue weighted by atomic mass is 9.70. The van der Waals surface area contributed by atoms with Gasteiger partial charge in [0.1, 0.15) is 42.0 Å². The number of hydrogen-bond donors (Lipinski definition) is 2. The molecule has 7 aliphatic rings. The first kappa shape index (κ1) is 52.2. The minimum atomic E-state index is -1.75. The first-order valence-electron chi connectivity index (χ1n) is 24.5. The molecule has 7 rings (SSSR count). The minimum Gasteiger partial charge on any atom is -0.462 e. The van der Waals surface area contributed by atoms with Crippen LogP contribution in [0.3, 0.4) is 0 Å². The van der Waals surface area contributed by atoms with E-state index >= 15 is 0 Å². The number of hydrogen-bond acceptors (Lipinski definition) is 16. The Hall–Kier alpha value is -2.58. The molecule has 2 N–H and O–H groups in total. The van der Waals surface area contributed by atoms with E-state index in [1.54, 1.807) is 27.4 Å². The van der Waals surface area contributed by atoms with E-state index in [0.29, 0.717) is 31.3 Å². The summed E-state index contributed by atoms with van der Waals surface area (Å²) in [5.41, 5.74) is 0.483. The normalized spacial score (nSPS) is 47.6. The molecule has 0 aromatic carbocycles. The van der Waals surface area contributed by atoms with E-state index in [9.17, 15) is 19.8 Å². The van der Waals surface area contributed by atoms with Crippen molar-refractivity contribution >= 4 is 11.9 Å². The van der Waals surface area contributed by atoms with Crippen molar-refractivity contribution in [2.24, 2.45) is 23.7 Å². The topological polar surface area (TPSA) is 185 Å². The van der Waals surface area contributed by atoms with E-state index in [4.69, 9.17) is 56.8 Å². The number of ether oxygens (including phenoxy) is 12. The Bertz CT molecular complexity index is 1850. The van der Waals surface area contributed by atoms with Gasteiger partial charge in [-0.25, -0.2) is 0 Å². The van der Waals surface area contributed by atoms with Gasteiger partial charge in [0, 0.05) is 72.2 Å². The van der Waals surface area contributed by atoms with Gasteiger partial charge in [-0.3, -0.25) is 9.59 Å². The highest BCUT2D eigenvalue weighted by molar-refractivity contribution is 5.78. The summed E-state index contributed by atoms with van der Waals surface area (Å²) in [7, 11) is 4.79. The predicted molar refractivity (Wildman–Crippen MR) is 243 cm³/mol. The Balaban J connectivity index is 1.18. The fourth-order valence-corrected chi connectivity index (χ4v) is 11.6. The Kier molecular flexibility index (Phi) is 17.0. The molecule has 67 heavy (non-hydrogen) atoms. The number of allylic oxidation sites excluding steroid dienone is 2. The van der Waals surface area contributed by atoms with Gasteiger partial charge >= 0.3 is 11.9 Å². The summed E-state index contributed by atoms with van der Waals surface area (Å²) in [6, 6.07) is 0. The number of fused-ring (bicyclic) bond motifs is 2. The highest BCUT2D eigenvalue weighted by Gasteiger charge is 2.61. The third-order valence-electron chi connectivity index (χ3n) is 15.5. The van der Waals surface area contributed by atoms with Gasteiger partial charge in [-0.2, -0.15) is 0 Å². The van der Waals surface area contributed by atoms with Gasteiger partial charge in [-0.05, 0) is 56.8 Å². The third kappa shape index (κ3) is 11.0. The molecule has 0 amide bonds. The van der Waals surface area contributed by atoms with E-state index in [1.807, 2.05) is 52.8 Å². The zero-order chi connectivity index (χ0) is 48.5. The summed E-state index contributed by atoms with van der Waals surface area (Å²) in [5, 5.41) is 24.3. The van der Waals surface area contributed by atoms with E-state index in [-0.39, 0.29) is 43.3 Å². The van der Waals surface area contributed by atoms with Crippen LogP contribution in [0.2, 0.25) is 0 Å². The molecule has 378 valence electrons. The lowest BCUT2D eigenvalue weighted by Crippen LogP contribution is -2.60. The molecule has 21 atom stereocenters. The molecule has 0 saturated carbocycles. The van der Waals surface area contributed by atoms with Gasteiger partial charge in [-0.1, -0.05) is 64.5 Å². The molecule has 16 heteroatoms. The average Bonchev–Trinajstić information content (AvgIpc) is 3.62. The quantitative estimate of drug-likeness (QED) is 0.198. The molecule has 0 aromatic rings. The Morgan fingerprint density at radius 3 is 2.21 bits per heavy atom. The summed E-state index contributed by atoms with van der Waals surface area (Å²) >= 11 is 0. The van der Waals surface area contributed by atoms with Crippen LogP contribution >= 0.6 is 0 Å². The number of aliphatic hydroxyl groups excluding tert-OH is 1. The van der Waals surface area contributed by atoms with Crippen LogP contribution < -0.4 is 0 Å². The Morgan fingerprint density at radius 2 is 1.55 bits per heavy atom. The van der Waals surface area contributed by atoms with Crippen LogP contribution in [-0.4, -0.2) is 153 Å². The van der Waals surface area contributed by atoms with Crippen LogP contribution in [0, 0.1) is 23.7 Å². The number of esters is 2. The van der Waals surface area contributed by atoms with E-state index < -0.39 is 115 Å². The Morgan fingerprint density at radius 1 is 0.881 bits per heavy atom. The first-order chi connectivity index (χ1) is 31.8. The summed E-state index contributed by atoms with van der Waals surface area (Å²) in [6.07, 6.45) is 4.28. The van der Waals surface area contributed by atoms with Crippen molar-refractivity contribution in [2.45, 2.75) is 211 Å². The SMILES string of the molecule is CC[C@H](C)[C@H]1O[C@]2(CC(O)[C@@H]1C)C[C@@H]1C[C@@H](C/C=C(\C)[C@@H](OC3CC(OC)C(OC4CC(OC)C(OC(C)=O)C(C)O4)C(C)O3)[C@@H](C)/C=C/C=C3\CO[C@@H]4[C@H](OC)C(C)=C[C@@H](C(=O)O1)[C@]34O)O2. The van der Waals surface area contributed by atoms with Gasteiger partial charge in [0.25, 0.3) is 0 Å². The summed E-state index contributed by atoms with van der Waals surface area (Å²) < 4.78 is 76.0. The maximum Gasteiger partial charge on any atom is 0.316 e. The lowest BCUT2D eigenvalue weighted by molar-refractivity contribution is -0.354. The zero-order valence-corrected chi connectivity index (χ0v) is 41.6. The van der Waals surface area contributed by atoms with Crippen molar-refractivity contribution in [3.63, 3.8) is 0 Å². The van der Waals surface area contributed by atoms with Crippen LogP contribution in [0.1, 0.15) is 107 Å². The second-order valence-electron chi connectivity index (χ2n) is 20.3. The lowest BCUT2D eigenvalue weighted by Gasteiger charge is -2.52. The molecule has 1 spiro atoms. The van der Waals surface area contributed by atoms with Crippen molar-refractivity contribution < 1.29 is 76.6 Å². The van der Waals surface area contributed by atoms with Gasteiger partial charge < -0.3 is 67.1 Å². The molecule has 0 radical (unpaired) electrons. The van der Waals surface area contributed by atoms with Crippen molar-refractivity contribution in [1.82, 2.24) is 0 Å². The highest BCUT2D eigenvalue weighted by atomic mass is 16.7.